The van der Waals surface area contributed by atoms with Gasteiger partial charge < -0.3 is 5.11 Å². The Morgan fingerprint density at radius 3 is 2.70 bits per heavy atom. The molecule has 0 bridgehead atoms. The van der Waals surface area contributed by atoms with Gasteiger partial charge in [0.15, 0.2) is 0 Å². The predicted molar refractivity (Wildman–Crippen MR) is 94.0 cm³/mol. The minimum Gasteiger partial charge on any atom is -0.481 e. The molecule has 0 saturated carbocycles. The standard InChI is InChI=1S/C17H12FNO2S2/c18-12-6-2-1-5-11(12)9-15(22-10-16(20)21)17-19-13-7-3-4-8-14(13)23-17/h1-9H,10H2,(H,20,21)/b15-9-. The lowest BCUT2D eigenvalue weighted by Crippen LogP contribution is -1.98. The number of thioether (sulfide) groups is 1. The van der Waals surface area contributed by atoms with Gasteiger partial charge in [-0.15, -0.1) is 23.1 Å². The molecule has 2 aromatic carbocycles. The third-order valence-corrected chi connectivity index (χ3v) is 5.26. The number of hydrogen-bond acceptors (Lipinski definition) is 4. The number of aliphatic carboxylic acids is 1. The number of halogens is 1. The van der Waals surface area contributed by atoms with Crippen LogP contribution in [-0.4, -0.2) is 21.8 Å². The van der Waals surface area contributed by atoms with Crippen LogP contribution in [-0.2, 0) is 4.79 Å². The summed E-state index contributed by atoms with van der Waals surface area (Å²) in [6.45, 7) is 0. The maximum Gasteiger partial charge on any atom is 0.313 e. The molecule has 3 nitrogen and oxygen atoms in total. The lowest BCUT2D eigenvalue weighted by molar-refractivity contribution is -0.133. The van der Waals surface area contributed by atoms with Gasteiger partial charge in [0.05, 0.1) is 16.0 Å². The van der Waals surface area contributed by atoms with E-state index >= 15 is 0 Å². The number of aromatic nitrogens is 1. The number of rotatable bonds is 5. The van der Waals surface area contributed by atoms with E-state index < -0.39 is 5.97 Å². The fraction of sp³-hybridized carbons (Fsp3) is 0.0588. The van der Waals surface area contributed by atoms with Crippen LogP contribution in [0, 0.1) is 5.82 Å². The molecule has 0 aliphatic rings. The van der Waals surface area contributed by atoms with Crippen molar-refractivity contribution in [3.63, 3.8) is 0 Å². The number of thiazole rings is 1. The van der Waals surface area contributed by atoms with Gasteiger partial charge in [-0.05, 0) is 24.3 Å². The van der Waals surface area contributed by atoms with Crippen LogP contribution >= 0.6 is 23.1 Å². The molecule has 1 aromatic heterocycles. The molecular weight excluding hydrogens is 333 g/mol. The SMILES string of the molecule is O=C(O)CS/C(=C\c1ccccc1F)c1nc2ccccc2s1. The van der Waals surface area contributed by atoms with E-state index in [-0.39, 0.29) is 11.6 Å². The van der Waals surface area contributed by atoms with E-state index in [0.29, 0.717) is 15.5 Å². The Morgan fingerprint density at radius 2 is 1.96 bits per heavy atom. The van der Waals surface area contributed by atoms with Gasteiger partial charge >= 0.3 is 5.97 Å². The van der Waals surface area contributed by atoms with Crippen molar-refractivity contribution in [1.82, 2.24) is 4.98 Å². The smallest absolute Gasteiger partial charge is 0.313 e. The van der Waals surface area contributed by atoms with Crippen molar-refractivity contribution < 1.29 is 14.3 Å². The zero-order chi connectivity index (χ0) is 16.2. The molecule has 0 saturated heterocycles. The summed E-state index contributed by atoms with van der Waals surface area (Å²) in [6, 6.07) is 14.1. The molecule has 1 heterocycles. The van der Waals surface area contributed by atoms with E-state index in [2.05, 4.69) is 4.98 Å². The first-order chi connectivity index (χ1) is 11.1. The second kappa shape index (κ2) is 6.93. The summed E-state index contributed by atoms with van der Waals surface area (Å²) in [5.74, 6) is -1.37. The highest BCUT2D eigenvalue weighted by Crippen LogP contribution is 2.35. The zero-order valence-corrected chi connectivity index (χ0v) is 13.5. The summed E-state index contributed by atoms with van der Waals surface area (Å²) >= 11 is 2.61. The Morgan fingerprint density at radius 1 is 1.22 bits per heavy atom. The number of fused-ring (bicyclic) bond motifs is 1. The normalized spacial score (nSPS) is 11.8. The number of carboxylic acids is 1. The molecule has 0 spiro atoms. The van der Waals surface area contributed by atoms with E-state index in [1.165, 1.54) is 17.4 Å². The molecule has 3 rings (SSSR count). The van der Waals surface area contributed by atoms with Gasteiger partial charge in [0.1, 0.15) is 10.8 Å². The van der Waals surface area contributed by atoms with Crippen LogP contribution in [0.3, 0.4) is 0 Å². The molecular formula is C17H12FNO2S2. The van der Waals surface area contributed by atoms with Crippen molar-refractivity contribution >= 4 is 50.3 Å². The average molecular weight is 345 g/mol. The Bertz CT molecular complexity index is 856. The van der Waals surface area contributed by atoms with Crippen LogP contribution in [0.1, 0.15) is 10.6 Å². The van der Waals surface area contributed by atoms with Crippen molar-refractivity contribution in [3.05, 3.63) is 64.9 Å². The van der Waals surface area contributed by atoms with E-state index in [0.717, 1.165) is 22.0 Å². The average Bonchev–Trinajstić information content (AvgIpc) is 2.96. The molecule has 0 unspecified atom stereocenters. The van der Waals surface area contributed by atoms with Crippen molar-refractivity contribution in [3.8, 4) is 0 Å². The van der Waals surface area contributed by atoms with E-state index in [4.69, 9.17) is 5.11 Å². The third kappa shape index (κ3) is 3.78. The second-order valence-electron chi connectivity index (χ2n) is 4.70. The predicted octanol–water partition coefficient (Wildman–Crippen LogP) is 4.75. The number of hydrogen-bond donors (Lipinski definition) is 1. The number of carboxylic acid groups (broad SMARTS) is 1. The molecule has 0 aliphatic heterocycles. The molecule has 6 heteroatoms. The minimum atomic E-state index is -0.921. The molecule has 0 aliphatic carbocycles. The van der Waals surface area contributed by atoms with Gasteiger partial charge in [0, 0.05) is 10.5 Å². The largest absolute Gasteiger partial charge is 0.481 e. The third-order valence-electron chi connectivity index (χ3n) is 3.05. The van der Waals surface area contributed by atoms with Crippen LogP contribution in [0.4, 0.5) is 4.39 Å². The summed E-state index contributed by atoms with van der Waals surface area (Å²) in [5.41, 5.74) is 1.27. The first-order valence-electron chi connectivity index (χ1n) is 6.80. The highest BCUT2D eigenvalue weighted by atomic mass is 32.2. The highest BCUT2D eigenvalue weighted by molar-refractivity contribution is 8.09. The topological polar surface area (TPSA) is 50.2 Å². The van der Waals surface area contributed by atoms with Gasteiger partial charge in [-0.1, -0.05) is 30.3 Å². The molecule has 3 aromatic rings. The number of para-hydroxylation sites is 1. The second-order valence-corrected chi connectivity index (χ2v) is 6.75. The number of carbonyl (C=O) groups is 1. The summed E-state index contributed by atoms with van der Waals surface area (Å²) in [5, 5.41) is 9.63. The molecule has 1 N–H and O–H groups in total. The summed E-state index contributed by atoms with van der Waals surface area (Å²) in [7, 11) is 0. The monoisotopic (exact) mass is 345 g/mol. The summed E-state index contributed by atoms with van der Waals surface area (Å²) in [4.78, 5) is 16.1. The fourth-order valence-corrected chi connectivity index (χ4v) is 3.85. The van der Waals surface area contributed by atoms with E-state index in [9.17, 15) is 9.18 Å². The molecule has 116 valence electrons. The Balaban J connectivity index is 2.04. The van der Waals surface area contributed by atoms with Gasteiger partial charge in [-0.2, -0.15) is 0 Å². The van der Waals surface area contributed by atoms with Gasteiger partial charge in [-0.25, -0.2) is 9.37 Å². The molecule has 0 amide bonds. The van der Waals surface area contributed by atoms with Crippen molar-refractivity contribution in [2.75, 3.05) is 5.75 Å². The van der Waals surface area contributed by atoms with Crippen LogP contribution in [0.25, 0.3) is 21.2 Å². The maximum absolute atomic E-state index is 13.9. The Hall–Kier alpha value is -2.18. The highest BCUT2D eigenvalue weighted by Gasteiger charge is 2.12. The zero-order valence-electron chi connectivity index (χ0n) is 11.9. The summed E-state index contributed by atoms with van der Waals surface area (Å²) < 4.78 is 14.9. The van der Waals surface area contributed by atoms with Gasteiger partial charge in [0.25, 0.3) is 0 Å². The van der Waals surface area contributed by atoms with Gasteiger partial charge in [-0.3, -0.25) is 4.79 Å². The molecule has 0 fully saturated rings. The number of benzene rings is 2. The van der Waals surface area contributed by atoms with Crippen LogP contribution < -0.4 is 0 Å². The quantitative estimate of drug-likeness (QED) is 0.725. The lowest BCUT2D eigenvalue weighted by atomic mass is 10.2. The van der Waals surface area contributed by atoms with Crippen molar-refractivity contribution in [2.24, 2.45) is 0 Å². The van der Waals surface area contributed by atoms with E-state index in [1.54, 1.807) is 24.3 Å². The van der Waals surface area contributed by atoms with Crippen molar-refractivity contribution in [1.29, 1.82) is 0 Å². The van der Waals surface area contributed by atoms with Crippen LogP contribution in [0.2, 0.25) is 0 Å². The minimum absolute atomic E-state index is 0.101. The fourth-order valence-electron chi connectivity index (χ4n) is 2.02. The van der Waals surface area contributed by atoms with E-state index in [1.807, 2.05) is 24.3 Å². The van der Waals surface area contributed by atoms with Crippen molar-refractivity contribution in [2.45, 2.75) is 0 Å². The Labute approximate surface area is 140 Å². The summed E-state index contributed by atoms with van der Waals surface area (Å²) in [6.07, 6.45) is 1.65. The van der Waals surface area contributed by atoms with Gasteiger partial charge in [0.2, 0.25) is 0 Å². The first-order valence-corrected chi connectivity index (χ1v) is 8.60. The molecule has 0 radical (unpaired) electrons. The Kier molecular flexibility index (Phi) is 4.73. The molecule has 0 atom stereocenters. The molecule has 23 heavy (non-hydrogen) atoms. The lowest BCUT2D eigenvalue weighted by Gasteiger charge is -2.03. The van der Waals surface area contributed by atoms with Crippen LogP contribution in [0.5, 0.6) is 0 Å². The number of nitrogens with zero attached hydrogens (tertiary/aromatic N) is 1. The van der Waals surface area contributed by atoms with Crippen LogP contribution in [0.15, 0.2) is 48.5 Å². The first kappa shape index (κ1) is 15.7. The maximum atomic E-state index is 13.9.